The first kappa shape index (κ1) is 24.0. The van der Waals surface area contributed by atoms with Crippen molar-refractivity contribution in [3.63, 3.8) is 0 Å². The van der Waals surface area contributed by atoms with E-state index in [1.807, 2.05) is 58.0 Å². The second-order valence-electron chi connectivity index (χ2n) is 7.77. The normalized spacial score (nSPS) is 10.8. The SMILES string of the molecule is Cc1c(N)sc2ccccc12.Cc1c(NC(=O)OC(C)(C)C)sc2ccccc12.Cl. The molecule has 0 aliphatic carbocycles. The van der Waals surface area contributed by atoms with Crippen molar-refractivity contribution in [3.05, 3.63) is 59.7 Å². The first-order chi connectivity index (χ1) is 13.7. The minimum Gasteiger partial charge on any atom is -0.444 e. The lowest BCUT2D eigenvalue weighted by atomic mass is 10.2. The van der Waals surface area contributed by atoms with Gasteiger partial charge in [0.15, 0.2) is 0 Å². The summed E-state index contributed by atoms with van der Waals surface area (Å²) in [4.78, 5) is 11.7. The van der Waals surface area contributed by atoms with E-state index in [1.165, 1.54) is 25.7 Å². The summed E-state index contributed by atoms with van der Waals surface area (Å²) in [6, 6.07) is 16.4. The molecule has 1 amide bonds. The number of fused-ring (bicyclic) bond motifs is 2. The molecule has 0 atom stereocenters. The number of benzene rings is 2. The van der Waals surface area contributed by atoms with Gasteiger partial charge in [-0.1, -0.05) is 36.4 Å². The molecule has 4 aromatic rings. The van der Waals surface area contributed by atoms with Crippen LogP contribution in [0.4, 0.5) is 14.8 Å². The lowest BCUT2D eigenvalue weighted by Gasteiger charge is -2.19. The van der Waals surface area contributed by atoms with Crippen LogP contribution in [0.1, 0.15) is 31.9 Å². The van der Waals surface area contributed by atoms with Crippen LogP contribution in [0.15, 0.2) is 48.5 Å². The summed E-state index contributed by atoms with van der Waals surface area (Å²) >= 11 is 3.22. The van der Waals surface area contributed by atoms with Gasteiger partial charge in [0.2, 0.25) is 0 Å². The number of nitrogens with one attached hydrogen (secondary N) is 1. The van der Waals surface area contributed by atoms with Gasteiger partial charge < -0.3 is 10.5 Å². The number of carbonyl (C=O) groups is 1. The Morgan fingerprint density at radius 2 is 1.40 bits per heavy atom. The highest BCUT2D eigenvalue weighted by Gasteiger charge is 2.18. The zero-order valence-corrected chi connectivity index (χ0v) is 20.2. The van der Waals surface area contributed by atoms with Gasteiger partial charge in [-0.15, -0.1) is 35.1 Å². The summed E-state index contributed by atoms with van der Waals surface area (Å²) in [6.45, 7) is 9.62. The van der Waals surface area contributed by atoms with Gasteiger partial charge in [0.05, 0.1) is 5.00 Å². The molecule has 4 rings (SSSR count). The molecule has 160 valence electrons. The molecule has 4 nitrogen and oxygen atoms in total. The first-order valence-corrected chi connectivity index (χ1v) is 11.0. The predicted molar refractivity (Wildman–Crippen MR) is 135 cm³/mol. The zero-order valence-electron chi connectivity index (χ0n) is 17.7. The van der Waals surface area contributed by atoms with E-state index in [0.717, 1.165) is 15.6 Å². The lowest BCUT2D eigenvalue weighted by Crippen LogP contribution is -2.27. The second-order valence-corrected chi connectivity index (χ2v) is 9.90. The number of anilines is 2. The van der Waals surface area contributed by atoms with Crippen LogP contribution < -0.4 is 11.1 Å². The highest BCUT2D eigenvalue weighted by Crippen LogP contribution is 2.35. The highest BCUT2D eigenvalue weighted by molar-refractivity contribution is 7.23. The minimum absolute atomic E-state index is 0. The van der Waals surface area contributed by atoms with E-state index in [-0.39, 0.29) is 12.4 Å². The largest absolute Gasteiger partial charge is 0.444 e. The number of nitrogens with two attached hydrogens (primary N) is 1. The van der Waals surface area contributed by atoms with Crippen LogP contribution in [-0.4, -0.2) is 11.7 Å². The van der Waals surface area contributed by atoms with Crippen LogP contribution in [0.5, 0.6) is 0 Å². The maximum Gasteiger partial charge on any atom is 0.412 e. The van der Waals surface area contributed by atoms with Crippen molar-refractivity contribution in [2.45, 2.75) is 40.2 Å². The summed E-state index contributed by atoms with van der Waals surface area (Å²) in [5.74, 6) is 0. The zero-order chi connectivity index (χ0) is 21.2. The summed E-state index contributed by atoms with van der Waals surface area (Å²) in [5, 5.41) is 7.06. The summed E-state index contributed by atoms with van der Waals surface area (Å²) in [5.41, 5.74) is 7.59. The number of hydrogen-bond acceptors (Lipinski definition) is 5. The quantitative estimate of drug-likeness (QED) is 0.303. The second kappa shape index (κ2) is 9.69. The Labute approximate surface area is 191 Å². The number of carbonyl (C=O) groups excluding carboxylic acids is 1. The molecule has 0 unspecified atom stereocenters. The van der Waals surface area contributed by atoms with Crippen molar-refractivity contribution in [3.8, 4) is 0 Å². The van der Waals surface area contributed by atoms with Gasteiger partial charge in [-0.25, -0.2) is 4.79 Å². The average Bonchev–Trinajstić information content (AvgIpc) is 3.11. The monoisotopic (exact) mass is 462 g/mol. The molecule has 0 saturated carbocycles. The van der Waals surface area contributed by atoms with Gasteiger partial charge >= 0.3 is 6.09 Å². The fraction of sp³-hybridized carbons (Fsp3) is 0.261. The number of nitrogen functional groups attached to an aromatic ring is 1. The van der Waals surface area contributed by atoms with Gasteiger partial charge in [0.1, 0.15) is 10.6 Å². The molecular weight excluding hydrogens is 436 g/mol. The van der Waals surface area contributed by atoms with Crippen LogP contribution in [0.25, 0.3) is 20.2 Å². The molecule has 0 spiro atoms. The molecule has 3 N–H and O–H groups in total. The molecule has 0 aliphatic rings. The summed E-state index contributed by atoms with van der Waals surface area (Å²) < 4.78 is 7.70. The van der Waals surface area contributed by atoms with E-state index in [0.29, 0.717) is 0 Å². The maximum absolute atomic E-state index is 11.7. The third-order valence-corrected chi connectivity index (χ3v) is 6.63. The lowest BCUT2D eigenvalue weighted by molar-refractivity contribution is 0.0636. The standard InChI is InChI=1S/C14H17NO2S.C9H9NS.ClH/c1-9-10-7-5-6-8-11(10)18-12(9)15-13(16)17-14(2,3)4;1-6-7-4-2-3-5-8(7)11-9(6)10;/h5-8H,1-4H3,(H,15,16);2-5H,10H2,1H3;1H. The fourth-order valence-electron chi connectivity index (χ4n) is 2.88. The number of ether oxygens (including phenoxy) is 1. The summed E-state index contributed by atoms with van der Waals surface area (Å²) in [7, 11) is 0. The Morgan fingerprint density at radius 1 is 0.900 bits per heavy atom. The van der Waals surface area contributed by atoms with E-state index in [4.69, 9.17) is 10.5 Å². The van der Waals surface area contributed by atoms with Crippen molar-refractivity contribution in [1.29, 1.82) is 0 Å². The van der Waals surface area contributed by atoms with Crippen molar-refractivity contribution >= 4 is 71.3 Å². The summed E-state index contributed by atoms with van der Waals surface area (Å²) in [6.07, 6.45) is -0.405. The predicted octanol–water partition coefficient (Wildman–Crippen LogP) is 7.77. The maximum atomic E-state index is 11.7. The van der Waals surface area contributed by atoms with Crippen LogP contribution in [0.2, 0.25) is 0 Å². The van der Waals surface area contributed by atoms with E-state index < -0.39 is 11.7 Å². The molecule has 0 radical (unpaired) electrons. The molecule has 2 heterocycles. The van der Waals surface area contributed by atoms with E-state index >= 15 is 0 Å². The molecule has 2 aromatic heterocycles. The molecule has 0 fully saturated rings. The number of amides is 1. The molecule has 7 heteroatoms. The van der Waals surface area contributed by atoms with Crippen molar-refractivity contribution in [1.82, 2.24) is 0 Å². The molecule has 0 saturated heterocycles. The van der Waals surface area contributed by atoms with Crippen molar-refractivity contribution in [2.24, 2.45) is 0 Å². The number of aryl methyl sites for hydroxylation is 2. The van der Waals surface area contributed by atoms with Gasteiger partial charge in [-0.3, -0.25) is 5.32 Å². The number of halogens is 1. The number of thiophene rings is 2. The van der Waals surface area contributed by atoms with Gasteiger partial charge in [-0.2, -0.15) is 0 Å². The first-order valence-electron chi connectivity index (χ1n) is 9.37. The molecule has 0 aliphatic heterocycles. The average molecular weight is 463 g/mol. The van der Waals surface area contributed by atoms with Crippen LogP contribution in [-0.2, 0) is 4.74 Å². The molecule has 0 bridgehead atoms. The van der Waals surface area contributed by atoms with E-state index in [9.17, 15) is 4.79 Å². The Bertz CT molecular complexity index is 1160. The van der Waals surface area contributed by atoms with Crippen LogP contribution in [0.3, 0.4) is 0 Å². The van der Waals surface area contributed by atoms with Crippen LogP contribution >= 0.6 is 35.1 Å². The third kappa shape index (κ3) is 5.65. The Balaban J connectivity index is 0.000000229. The topological polar surface area (TPSA) is 64.3 Å². The van der Waals surface area contributed by atoms with E-state index in [2.05, 4.69) is 30.4 Å². The van der Waals surface area contributed by atoms with Gasteiger partial charge in [0, 0.05) is 9.40 Å². The van der Waals surface area contributed by atoms with Gasteiger partial charge in [0.25, 0.3) is 0 Å². The fourth-order valence-corrected chi connectivity index (χ4v) is 4.96. The molecule has 2 aromatic carbocycles. The van der Waals surface area contributed by atoms with E-state index in [1.54, 1.807) is 22.7 Å². The number of rotatable bonds is 1. The smallest absolute Gasteiger partial charge is 0.412 e. The third-order valence-electron chi connectivity index (χ3n) is 4.34. The van der Waals surface area contributed by atoms with Crippen LogP contribution in [0, 0.1) is 13.8 Å². The Hall–Kier alpha value is -2.28. The minimum atomic E-state index is -0.478. The van der Waals surface area contributed by atoms with Gasteiger partial charge in [-0.05, 0) is 68.7 Å². The highest BCUT2D eigenvalue weighted by atomic mass is 35.5. The molecular formula is C23H27ClN2O2S2. The molecule has 30 heavy (non-hydrogen) atoms. The number of hydrogen-bond donors (Lipinski definition) is 2. The van der Waals surface area contributed by atoms with Crippen molar-refractivity contribution in [2.75, 3.05) is 11.1 Å². The Morgan fingerprint density at radius 3 is 1.90 bits per heavy atom. The Kier molecular flexibility index (Phi) is 7.75. The van der Waals surface area contributed by atoms with Crippen molar-refractivity contribution < 1.29 is 9.53 Å².